The Balaban J connectivity index is 1.41. The Morgan fingerprint density at radius 2 is 1.96 bits per heavy atom. The van der Waals surface area contributed by atoms with Crippen molar-refractivity contribution in [1.82, 2.24) is 4.90 Å². The zero-order valence-corrected chi connectivity index (χ0v) is 14.9. The van der Waals surface area contributed by atoms with E-state index in [9.17, 15) is 4.79 Å². The molecule has 2 aliphatic carbocycles. The molecule has 26 heavy (non-hydrogen) atoms. The van der Waals surface area contributed by atoms with E-state index in [2.05, 4.69) is 30.4 Å². The van der Waals surface area contributed by atoms with Gasteiger partial charge < -0.3 is 14.4 Å². The molecule has 0 radical (unpaired) electrons. The average Bonchev–Trinajstić information content (AvgIpc) is 2.87. The van der Waals surface area contributed by atoms with E-state index in [0.717, 1.165) is 12.2 Å². The summed E-state index contributed by atoms with van der Waals surface area (Å²) in [4.78, 5) is 13.6. The normalized spacial score (nSPS) is 17.7. The van der Waals surface area contributed by atoms with Crippen molar-refractivity contribution < 1.29 is 14.3 Å². The van der Waals surface area contributed by atoms with E-state index in [0.29, 0.717) is 18.9 Å². The van der Waals surface area contributed by atoms with Crippen LogP contribution >= 0.6 is 0 Å². The van der Waals surface area contributed by atoms with Crippen LogP contribution in [0.1, 0.15) is 6.42 Å². The first kappa shape index (κ1) is 17.8. The first-order chi connectivity index (χ1) is 12.7. The summed E-state index contributed by atoms with van der Waals surface area (Å²) in [6, 6.07) is 9.07. The van der Waals surface area contributed by atoms with Crippen LogP contribution in [0.4, 0.5) is 4.79 Å². The van der Waals surface area contributed by atoms with E-state index in [-0.39, 0.29) is 12.0 Å². The van der Waals surface area contributed by atoms with Crippen LogP contribution in [-0.2, 0) is 4.74 Å². The van der Waals surface area contributed by atoms with Gasteiger partial charge >= 0.3 is 6.09 Å². The van der Waals surface area contributed by atoms with Crippen LogP contribution in [0, 0.1) is 5.92 Å². The maximum Gasteiger partial charge on any atom is 0.414 e. The molecular weight excluding hydrogens is 326 g/mol. The second-order valence-corrected chi connectivity index (χ2v) is 6.17. The van der Waals surface area contributed by atoms with E-state index in [1.807, 2.05) is 36.4 Å². The summed E-state index contributed by atoms with van der Waals surface area (Å²) in [7, 11) is 1.73. The van der Waals surface area contributed by atoms with Crippen LogP contribution in [0.5, 0.6) is 5.75 Å². The minimum absolute atomic E-state index is 0.258. The zero-order valence-electron chi connectivity index (χ0n) is 14.9. The van der Waals surface area contributed by atoms with Crippen LogP contribution < -0.4 is 4.74 Å². The van der Waals surface area contributed by atoms with Crippen LogP contribution in [0.3, 0.4) is 0 Å². The molecule has 1 unspecified atom stereocenters. The number of para-hydroxylation sites is 1. The molecule has 0 aromatic heterocycles. The molecule has 0 N–H and O–H groups in total. The number of rotatable bonds is 6. The fourth-order valence-electron chi connectivity index (χ4n) is 2.72. The second-order valence-electron chi connectivity index (χ2n) is 6.17. The summed E-state index contributed by atoms with van der Waals surface area (Å²) in [6.07, 6.45) is 16.9. The molecule has 134 valence electrons. The van der Waals surface area contributed by atoms with Gasteiger partial charge in [0.05, 0.1) is 6.61 Å². The van der Waals surface area contributed by atoms with Crippen molar-refractivity contribution in [3.8, 4) is 5.75 Å². The molecule has 0 heterocycles. The van der Waals surface area contributed by atoms with E-state index in [1.165, 1.54) is 5.57 Å². The van der Waals surface area contributed by atoms with Crippen molar-refractivity contribution in [1.29, 1.82) is 0 Å². The van der Waals surface area contributed by atoms with Crippen molar-refractivity contribution in [2.75, 3.05) is 20.2 Å². The molecule has 0 fully saturated rings. The number of amides is 1. The minimum atomic E-state index is -0.363. The number of ether oxygens (including phenoxy) is 2. The molecule has 0 aliphatic heterocycles. The molecule has 4 heteroatoms. The molecular formula is C22H23NO3. The lowest BCUT2D eigenvalue weighted by Crippen LogP contribution is -2.31. The molecule has 2 aliphatic rings. The molecule has 0 spiro atoms. The van der Waals surface area contributed by atoms with E-state index < -0.39 is 0 Å². The highest BCUT2D eigenvalue weighted by atomic mass is 16.6. The molecule has 4 nitrogen and oxygen atoms in total. The maximum absolute atomic E-state index is 12.0. The van der Waals surface area contributed by atoms with Gasteiger partial charge in [-0.1, -0.05) is 54.7 Å². The quantitative estimate of drug-likeness (QED) is 0.702. The number of nitrogens with zero attached hydrogens (tertiary/aromatic N) is 1. The molecule has 1 aromatic carbocycles. The Morgan fingerprint density at radius 3 is 2.81 bits per heavy atom. The van der Waals surface area contributed by atoms with Gasteiger partial charge in [0.2, 0.25) is 0 Å². The van der Waals surface area contributed by atoms with Gasteiger partial charge in [0.1, 0.15) is 11.5 Å². The number of hydrogen-bond donors (Lipinski definition) is 0. The standard InChI is InChI=1S/C22H23NO3/c1-23(22(24)26-20-12-3-2-4-13-20)15-8-16-25-21-14-7-11-18-9-5-6-10-19(18)17-21/h2-7,9-14,17,19H,8,15-16H2,1H3. The minimum Gasteiger partial charge on any atom is -0.494 e. The first-order valence-electron chi connectivity index (χ1n) is 8.78. The molecule has 1 amide bonds. The molecule has 1 aromatic rings. The van der Waals surface area contributed by atoms with Gasteiger partial charge in [0.25, 0.3) is 0 Å². The van der Waals surface area contributed by atoms with Crippen LogP contribution in [0.25, 0.3) is 0 Å². The first-order valence-corrected chi connectivity index (χ1v) is 8.78. The fraction of sp³-hybridized carbons (Fsp3) is 0.227. The van der Waals surface area contributed by atoms with Gasteiger partial charge in [0.15, 0.2) is 0 Å². The topological polar surface area (TPSA) is 38.8 Å². The van der Waals surface area contributed by atoms with Crippen molar-refractivity contribution in [2.45, 2.75) is 6.42 Å². The molecule has 1 atom stereocenters. The third-order valence-corrected chi connectivity index (χ3v) is 4.16. The molecule has 0 saturated heterocycles. The molecule has 3 rings (SSSR count). The van der Waals surface area contributed by atoms with Crippen LogP contribution in [0.15, 0.2) is 90.3 Å². The van der Waals surface area contributed by atoms with Crippen LogP contribution in [-0.4, -0.2) is 31.2 Å². The zero-order chi connectivity index (χ0) is 18.2. The highest BCUT2D eigenvalue weighted by molar-refractivity contribution is 5.70. The highest BCUT2D eigenvalue weighted by Gasteiger charge is 2.13. The highest BCUT2D eigenvalue weighted by Crippen LogP contribution is 2.24. The van der Waals surface area contributed by atoms with E-state index >= 15 is 0 Å². The van der Waals surface area contributed by atoms with Gasteiger partial charge in [0, 0.05) is 19.5 Å². The van der Waals surface area contributed by atoms with Crippen LogP contribution in [0.2, 0.25) is 0 Å². The summed E-state index contributed by atoms with van der Waals surface area (Å²) in [5.41, 5.74) is 1.26. The summed E-state index contributed by atoms with van der Waals surface area (Å²) in [5, 5.41) is 0. The third-order valence-electron chi connectivity index (χ3n) is 4.16. The predicted octanol–water partition coefficient (Wildman–Crippen LogP) is 4.65. The SMILES string of the molecule is CN(CCCOC1=CC2C=CC=CC2=CC=C1)C(=O)Oc1ccccc1. The fourth-order valence-corrected chi connectivity index (χ4v) is 2.72. The van der Waals surface area contributed by atoms with Crippen molar-refractivity contribution >= 4 is 6.09 Å². The molecule has 0 saturated carbocycles. The third kappa shape index (κ3) is 4.99. The molecule has 0 bridgehead atoms. The number of allylic oxidation sites excluding steroid dienone is 9. The number of fused-ring (bicyclic) bond motifs is 1. The Labute approximate surface area is 154 Å². The van der Waals surface area contributed by atoms with E-state index in [1.54, 1.807) is 24.1 Å². The lowest BCUT2D eigenvalue weighted by atomic mass is 9.94. The number of carbonyl (C=O) groups excluding carboxylic acids is 1. The van der Waals surface area contributed by atoms with Gasteiger partial charge in [-0.25, -0.2) is 4.79 Å². The summed E-state index contributed by atoms with van der Waals surface area (Å²) in [5.74, 6) is 1.66. The summed E-state index contributed by atoms with van der Waals surface area (Å²) in [6.45, 7) is 1.11. The predicted molar refractivity (Wildman–Crippen MR) is 103 cm³/mol. The van der Waals surface area contributed by atoms with E-state index in [4.69, 9.17) is 9.47 Å². The largest absolute Gasteiger partial charge is 0.494 e. The van der Waals surface area contributed by atoms with Crippen molar-refractivity contribution in [2.24, 2.45) is 5.92 Å². The lowest BCUT2D eigenvalue weighted by Gasteiger charge is -2.17. The Kier molecular flexibility index (Phi) is 6.09. The van der Waals surface area contributed by atoms with Gasteiger partial charge in [-0.3, -0.25) is 0 Å². The maximum atomic E-state index is 12.0. The van der Waals surface area contributed by atoms with Crippen molar-refractivity contribution in [3.63, 3.8) is 0 Å². The average molecular weight is 349 g/mol. The second kappa shape index (κ2) is 8.90. The number of hydrogen-bond acceptors (Lipinski definition) is 3. The smallest absolute Gasteiger partial charge is 0.414 e. The lowest BCUT2D eigenvalue weighted by molar-refractivity contribution is 0.154. The van der Waals surface area contributed by atoms with Gasteiger partial charge in [-0.2, -0.15) is 0 Å². The Hall–Kier alpha value is -3.01. The monoisotopic (exact) mass is 349 g/mol. The number of carbonyl (C=O) groups is 1. The Morgan fingerprint density at radius 1 is 1.12 bits per heavy atom. The van der Waals surface area contributed by atoms with Gasteiger partial charge in [-0.15, -0.1) is 0 Å². The summed E-state index contributed by atoms with van der Waals surface area (Å²) < 4.78 is 11.2. The van der Waals surface area contributed by atoms with Crippen molar-refractivity contribution in [3.05, 3.63) is 90.3 Å². The summed E-state index contributed by atoms with van der Waals surface area (Å²) >= 11 is 0. The number of benzene rings is 1. The Bertz CT molecular complexity index is 772. The van der Waals surface area contributed by atoms with Gasteiger partial charge in [-0.05, 0) is 36.3 Å².